The van der Waals surface area contributed by atoms with Gasteiger partial charge in [-0.05, 0) is 67.1 Å². The largest absolute Gasteiger partial charge is 0.486 e. The minimum Gasteiger partial charge on any atom is -0.486 e. The number of carbonyl (C=O) groups excluding carboxylic acids is 1. The first-order valence-electron chi connectivity index (χ1n) is 10.1. The molecule has 1 N–H and O–H groups in total. The lowest BCUT2D eigenvalue weighted by Gasteiger charge is -2.12. The van der Waals surface area contributed by atoms with Gasteiger partial charge in [0.2, 0.25) is 5.91 Å². The molecule has 0 fully saturated rings. The van der Waals surface area contributed by atoms with Crippen LogP contribution >= 0.6 is 39.3 Å². The van der Waals surface area contributed by atoms with Crippen molar-refractivity contribution in [2.45, 2.75) is 18.7 Å². The van der Waals surface area contributed by atoms with Crippen molar-refractivity contribution in [1.29, 1.82) is 0 Å². The first-order chi connectivity index (χ1) is 16.0. The van der Waals surface area contributed by atoms with E-state index in [1.165, 1.54) is 11.8 Å². The summed E-state index contributed by atoms with van der Waals surface area (Å²) in [6.07, 6.45) is 0. The van der Waals surface area contributed by atoms with E-state index >= 15 is 0 Å². The number of anilines is 1. The summed E-state index contributed by atoms with van der Waals surface area (Å²) in [5.74, 6) is 1.41. The van der Waals surface area contributed by atoms with Crippen molar-refractivity contribution in [2.75, 3.05) is 11.1 Å². The summed E-state index contributed by atoms with van der Waals surface area (Å²) in [7, 11) is 0. The Morgan fingerprint density at radius 3 is 2.58 bits per heavy atom. The molecular weight excluding hydrogens is 524 g/mol. The van der Waals surface area contributed by atoms with Gasteiger partial charge in [0.1, 0.15) is 12.4 Å². The highest BCUT2D eigenvalue weighted by Crippen LogP contribution is 2.25. The molecule has 0 spiro atoms. The van der Waals surface area contributed by atoms with Gasteiger partial charge in [0.25, 0.3) is 0 Å². The van der Waals surface area contributed by atoms with Crippen LogP contribution < -0.4 is 10.1 Å². The molecule has 3 aromatic carbocycles. The van der Waals surface area contributed by atoms with E-state index in [2.05, 4.69) is 31.4 Å². The first kappa shape index (κ1) is 23.4. The number of nitrogens with one attached hydrogen (secondary N) is 1. The van der Waals surface area contributed by atoms with Gasteiger partial charge in [0, 0.05) is 20.9 Å². The quantitative estimate of drug-likeness (QED) is 0.264. The zero-order chi connectivity index (χ0) is 23.2. The van der Waals surface area contributed by atoms with E-state index in [-0.39, 0.29) is 18.3 Å². The van der Waals surface area contributed by atoms with Gasteiger partial charge in [-0.1, -0.05) is 57.5 Å². The molecule has 0 atom stereocenters. The van der Waals surface area contributed by atoms with Crippen LogP contribution in [0.4, 0.5) is 5.69 Å². The van der Waals surface area contributed by atoms with Crippen molar-refractivity contribution in [1.82, 2.24) is 14.8 Å². The predicted molar refractivity (Wildman–Crippen MR) is 135 cm³/mol. The Morgan fingerprint density at radius 1 is 1.09 bits per heavy atom. The molecule has 0 saturated carbocycles. The van der Waals surface area contributed by atoms with Crippen LogP contribution in [0.25, 0.3) is 5.69 Å². The molecule has 1 amide bonds. The number of carbonyl (C=O) groups is 1. The van der Waals surface area contributed by atoms with Gasteiger partial charge in [-0.25, -0.2) is 0 Å². The lowest BCUT2D eigenvalue weighted by Crippen LogP contribution is -2.15. The molecule has 1 aromatic heterocycles. The molecule has 0 aliphatic heterocycles. The zero-order valence-electron chi connectivity index (χ0n) is 17.7. The van der Waals surface area contributed by atoms with Crippen LogP contribution in [0, 0.1) is 6.92 Å². The maximum absolute atomic E-state index is 12.6. The van der Waals surface area contributed by atoms with Crippen molar-refractivity contribution < 1.29 is 9.53 Å². The third kappa shape index (κ3) is 6.16. The van der Waals surface area contributed by atoms with Crippen molar-refractivity contribution in [3.63, 3.8) is 0 Å². The SMILES string of the molecule is Cc1cc(Br)ccc1NC(=O)CSc1nnc(COc2ccccc2)n1-c1ccc(Cl)cc1. The highest BCUT2D eigenvalue weighted by Gasteiger charge is 2.17. The Balaban J connectivity index is 1.51. The van der Waals surface area contributed by atoms with Gasteiger partial charge in [-0.2, -0.15) is 0 Å². The number of amides is 1. The smallest absolute Gasteiger partial charge is 0.234 e. The van der Waals surface area contributed by atoms with Gasteiger partial charge in [-0.15, -0.1) is 10.2 Å². The molecule has 0 bridgehead atoms. The molecule has 0 aliphatic carbocycles. The van der Waals surface area contributed by atoms with Gasteiger partial charge in [0.15, 0.2) is 11.0 Å². The summed E-state index contributed by atoms with van der Waals surface area (Å²) in [4.78, 5) is 12.6. The summed E-state index contributed by atoms with van der Waals surface area (Å²) in [6.45, 7) is 2.17. The summed E-state index contributed by atoms with van der Waals surface area (Å²) >= 11 is 10.8. The second kappa shape index (κ2) is 10.9. The summed E-state index contributed by atoms with van der Waals surface area (Å²) in [5.41, 5.74) is 2.59. The lowest BCUT2D eigenvalue weighted by molar-refractivity contribution is -0.113. The molecule has 4 rings (SSSR count). The monoisotopic (exact) mass is 542 g/mol. The fourth-order valence-electron chi connectivity index (χ4n) is 3.09. The number of halogens is 2. The van der Waals surface area contributed by atoms with Crippen LogP contribution in [0.2, 0.25) is 5.02 Å². The molecule has 0 radical (unpaired) electrons. The number of benzene rings is 3. The number of nitrogens with zero attached hydrogens (tertiary/aromatic N) is 3. The van der Waals surface area contributed by atoms with E-state index in [1.54, 1.807) is 12.1 Å². The number of hydrogen-bond donors (Lipinski definition) is 1. The fraction of sp³-hybridized carbons (Fsp3) is 0.125. The fourth-order valence-corrected chi connectivity index (χ4v) is 4.46. The Hall–Kier alpha value is -2.81. The van der Waals surface area contributed by atoms with Crippen LogP contribution in [-0.4, -0.2) is 26.4 Å². The standard InChI is InChI=1S/C24H20BrClN4O2S/c1-16-13-17(25)7-12-21(16)27-23(31)15-33-24-29-28-22(14-32-20-5-3-2-4-6-20)30(24)19-10-8-18(26)9-11-19/h2-13H,14-15H2,1H3,(H,27,31). The van der Waals surface area contributed by atoms with Crippen LogP contribution in [0.1, 0.15) is 11.4 Å². The molecule has 0 saturated heterocycles. The Kier molecular flexibility index (Phi) is 7.69. The van der Waals surface area contributed by atoms with Crippen molar-refractivity contribution in [2.24, 2.45) is 0 Å². The highest BCUT2D eigenvalue weighted by molar-refractivity contribution is 9.10. The molecule has 33 heavy (non-hydrogen) atoms. The number of ether oxygens (including phenoxy) is 1. The Bertz CT molecular complexity index is 1250. The Labute approximate surface area is 209 Å². The third-order valence-electron chi connectivity index (χ3n) is 4.69. The second-order valence-electron chi connectivity index (χ2n) is 7.11. The first-order valence-corrected chi connectivity index (χ1v) is 12.2. The van der Waals surface area contributed by atoms with Crippen molar-refractivity contribution in [3.8, 4) is 11.4 Å². The van der Waals surface area contributed by atoms with E-state index in [4.69, 9.17) is 16.3 Å². The molecule has 9 heteroatoms. The number of thioether (sulfide) groups is 1. The van der Waals surface area contributed by atoms with E-state index in [0.29, 0.717) is 16.0 Å². The van der Waals surface area contributed by atoms with E-state index in [1.807, 2.05) is 72.2 Å². The molecule has 1 heterocycles. The minimum atomic E-state index is -0.127. The minimum absolute atomic E-state index is 0.127. The van der Waals surface area contributed by atoms with Crippen LogP contribution in [0.5, 0.6) is 5.75 Å². The number of aromatic nitrogens is 3. The molecule has 4 aromatic rings. The molecule has 0 aliphatic rings. The normalized spacial score (nSPS) is 10.8. The zero-order valence-corrected chi connectivity index (χ0v) is 20.8. The van der Waals surface area contributed by atoms with Crippen molar-refractivity contribution >= 4 is 50.9 Å². The average molecular weight is 544 g/mol. The van der Waals surface area contributed by atoms with Crippen LogP contribution in [-0.2, 0) is 11.4 Å². The molecule has 0 unspecified atom stereocenters. The molecular formula is C24H20BrClN4O2S. The maximum Gasteiger partial charge on any atom is 0.234 e. The van der Waals surface area contributed by atoms with Gasteiger partial charge >= 0.3 is 0 Å². The number of hydrogen-bond acceptors (Lipinski definition) is 5. The van der Waals surface area contributed by atoms with Crippen molar-refractivity contribution in [3.05, 3.63) is 93.7 Å². The highest BCUT2D eigenvalue weighted by atomic mass is 79.9. The Morgan fingerprint density at radius 2 is 1.85 bits per heavy atom. The summed E-state index contributed by atoms with van der Waals surface area (Å²) < 4.78 is 8.72. The topological polar surface area (TPSA) is 69.0 Å². The van der Waals surface area contributed by atoms with Gasteiger partial charge in [-0.3, -0.25) is 9.36 Å². The predicted octanol–water partition coefficient (Wildman–Crippen LogP) is 6.30. The maximum atomic E-state index is 12.6. The van der Waals surface area contributed by atoms with E-state index < -0.39 is 0 Å². The number of para-hydroxylation sites is 1. The van der Waals surface area contributed by atoms with Crippen LogP contribution in [0.15, 0.2) is 82.4 Å². The van der Waals surface area contributed by atoms with Gasteiger partial charge < -0.3 is 10.1 Å². The average Bonchev–Trinajstić information content (AvgIpc) is 3.22. The number of aryl methyl sites for hydroxylation is 1. The summed E-state index contributed by atoms with van der Waals surface area (Å²) in [5, 5.41) is 12.8. The molecule has 168 valence electrons. The van der Waals surface area contributed by atoms with Gasteiger partial charge in [0.05, 0.1) is 5.75 Å². The molecule has 6 nitrogen and oxygen atoms in total. The third-order valence-corrected chi connectivity index (χ3v) is 6.37. The lowest BCUT2D eigenvalue weighted by atomic mass is 10.2. The second-order valence-corrected chi connectivity index (χ2v) is 9.40. The summed E-state index contributed by atoms with van der Waals surface area (Å²) in [6, 6.07) is 22.6. The van der Waals surface area contributed by atoms with Crippen LogP contribution in [0.3, 0.4) is 0 Å². The van der Waals surface area contributed by atoms with E-state index in [9.17, 15) is 4.79 Å². The number of rotatable bonds is 8. The van der Waals surface area contributed by atoms with E-state index in [0.717, 1.165) is 27.2 Å².